The zero-order chi connectivity index (χ0) is 13.2. The van der Waals surface area contributed by atoms with E-state index in [1.165, 1.54) is 29.4 Å². The Morgan fingerprint density at radius 3 is 3.00 bits per heavy atom. The largest absolute Gasteiger partial charge is 0.365 e. The molecule has 7 heteroatoms. The number of aromatic nitrogens is 1. The second kappa shape index (κ2) is 5.36. The molecule has 0 atom stereocenters. The minimum absolute atomic E-state index is 0.287. The summed E-state index contributed by atoms with van der Waals surface area (Å²) < 4.78 is 19.0. The van der Waals surface area contributed by atoms with Gasteiger partial charge in [0, 0.05) is 13.1 Å². The second-order valence-corrected chi connectivity index (χ2v) is 6.79. The van der Waals surface area contributed by atoms with E-state index in [0.717, 1.165) is 14.0 Å². The summed E-state index contributed by atoms with van der Waals surface area (Å²) in [4.78, 5) is 4.28. The van der Waals surface area contributed by atoms with Crippen molar-refractivity contribution >= 4 is 55.7 Å². The standard InChI is InChI=1S/C12H10FN3S3/c1-14-12-15-9-5-7(13)8(6-10(9)18-12)16-19-11-3-2-4-17-11/h2-6,16H,1H3,(H,14,15). The van der Waals surface area contributed by atoms with Crippen LogP contribution in [-0.2, 0) is 0 Å². The van der Waals surface area contributed by atoms with Crippen molar-refractivity contribution in [1.82, 2.24) is 4.98 Å². The van der Waals surface area contributed by atoms with Crippen LogP contribution in [0, 0.1) is 5.82 Å². The number of nitrogens with zero attached hydrogens (tertiary/aromatic N) is 1. The third-order valence-corrected chi connectivity index (χ3v) is 5.34. The van der Waals surface area contributed by atoms with Crippen molar-refractivity contribution < 1.29 is 4.39 Å². The molecule has 0 fully saturated rings. The van der Waals surface area contributed by atoms with E-state index in [1.54, 1.807) is 24.5 Å². The molecular weight excluding hydrogens is 301 g/mol. The molecule has 0 aliphatic carbocycles. The van der Waals surface area contributed by atoms with Crippen LogP contribution in [-0.4, -0.2) is 12.0 Å². The van der Waals surface area contributed by atoms with Crippen molar-refractivity contribution in [1.29, 1.82) is 0 Å². The van der Waals surface area contributed by atoms with Gasteiger partial charge in [0.1, 0.15) is 5.82 Å². The number of fused-ring (bicyclic) bond motifs is 1. The maximum absolute atomic E-state index is 13.9. The maximum Gasteiger partial charge on any atom is 0.183 e. The summed E-state index contributed by atoms with van der Waals surface area (Å²) in [6, 6.07) is 7.22. The van der Waals surface area contributed by atoms with Gasteiger partial charge in [0.25, 0.3) is 0 Å². The van der Waals surface area contributed by atoms with E-state index < -0.39 is 0 Å². The second-order valence-electron chi connectivity index (χ2n) is 3.71. The van der Waals surface area contributed by atoms with Crippen LogP contribution in [0.3, 0.4) is 0 Å². The van der Waals surface area contributed by atoms with Gasteiger partial charge in [0.05, 0.1) is 20.1 Å². The molecule has 0 radical (unpaired) electrons. The Bertz CT molecular complexity index is 694. The SMILES string of the molecule is CNc1nc2cc(F)c(NSc3cccs3)cc2s1. The average Bonchev–Trinajstić information content (AvgIpc) is 3.04. The van der Waals surface area contributed by atoms with Gasteiger partial charge in [0.15, 0.2) is 5.13 Å². The lowest BCUT2D eigenvalue weighted by atomic mass is 10.3. The fourth-order valence-electron chi connectivity index (χ4n) is 1.56. The Kier molecular flexibility index (Phi) is 3.58. The molecule has 0 unspecified atom stereocenters. The Balaban J connectivity index is 1.88. The van der Waals surface area contributed by atoms with E-state index in [9.17, 15) is 4.39 Å². The molecule has 3 aromatic rings. The van der Waals surface area contributed by atoms with Crippen LogP contribution in [0.4, 0.5) is 15.2 Å². The molecule has 2 heterocycles. The molecule has 0 aliphatic rings. The molecule has 3 rings (SSSR count). The summed E-state index contributed by atoms with van der Waals surface area (Å²) in [5.74, 6) is -0.287. The van der Waals surface area contributed by atoms with Gasteiger partial charge in [-0.05, 0) is 29.5 Å². The Morgan fingerprint density at radius 2 is 2.26 bits per heavy atom. The van der Waals surface area contributed by atoms with Crippen molar-refractivity contribution in [2.24, 2.45) is 0 Å². The van der Waals surface area contributed by atoms with Crippen LogP contribution in [0.5, 0.6) is 0 Å². The van der Waals surface area contributed by atoms with Gasteiger partial charge >= 0.3 is 0 Å². The van der Waals surface area contributed by atoms with E-state index in [4.69, 9.17) is 0 Å². The summed E-state index contributed by atoms with van der Waals surface area (Å²) in [5, 5.41) is 5.75. The van der Waals surface area contributed by atoms with Gasteiger partial charge in [0.2, 0.25) is 0 Å². The Labute approximate surface area is 122 Å². The van der Waals surface area contributed by atoms with E-state index in [2.05, 4.69) is 15.0 Å². The van der Waals surface area contributed by atoms with E-state index >= 15 is 0 Å². The fourth-order valence-corrected chi connectivity index (χ4v) is 3.85. The Hall–Kier alpha value is -1.31. The average molecular weight is 311 g/mol. The molecule has 2 N–H and O–H groups in total. The summed E-state index contributed by atoms with van der Waals surface area (Å²) in [7, 11) is 1.81. The molecule has 19 heavy (non-hydrogen) atoms. The van der Waals surface area contributed by atoms with Gasteiger partial charge in [-0.3, -0.25) is 0 Å². The lowest BCUT2D eigenvalue weighted by Gasteiger charge is -2.04. The third kappa shape index (κ3) is 2.68. The molecular formula is C12H10FN3S3. The molecule has 98 valence electrons. The lowest BCUT2D eigenvalue weighted by Crippen LogP contribution is -1.90. The fraction of sp³-hybridized carbons (Fsp3) is 0.0833. The van der Waals surface area contributed by atoms with Gasteiger partial charge in [-0.15, -0.1) is 11.3 Å². The molecule has 0 bridgehead atoms. The monoisotopic (exact) mass is 311 g/mol. The molecule has 0 spiro atoms. The predicted octanol–water partition coefficient (Wildman–Crippen LogP) is 4.66. The summed E-state index contributed by atoms with van der Waals surface area (Å²) in [6.45, 7) is 0. The first-order chi connectivity index (χ1) is 9.26. The first kappa shape index (κ1) is 12.7. The highest BCUT2D eigenvalue weighted by Gasteiger charge is 2.09. The van der Waals surface area contributed by atoms with Gasteiger partial charge in [-0.25, -0.2) is 9.37 Å². The number of thiophene rings is 1. The molecule has 0 saturated heterocycles. The van der Waals surface area contributed by atoms with Crippen molar-refractivity contribution in [3.05, 3.63) is 35.5 Å². The summed E-state index contributed by atoms with van der Waals surface area (Å²) >= 11 is 4.54. The highest BCUT2D eigenvalue weighted by molar-refractivity contribution is 8.02. The van der Waals surface area contributed by atoms with Crippen LogP contribution in [0.2, 0.25) is 0 Å². The van der Waals surface area contributed by atoms with Crippen molar-refractivity contribution in [2.75, 3.05) is 17.1 Å². The lowest BCUT2D eigenvalue weighted by molar-refractivity contribution is 0.634. The van der Waals surface area contributed by atoms with Crippen LogP contribution < -0.4 is 10.0 Å². The maximum atomic E-state index is 13.9. The number of hydrogen-bond donors (Lipinski definition) is 2. The van der Waals surface area contributed by atoms with Gasteiger partial charge in [-0.2, -0.15) is 0 Å². The van der Waals surface area contributed by atoms with Crippen molar-refractivity contribution in [2.45, 2.75) is 4.21 Å². The minimum atomic E-state index is -0.287. The number of rotatable bonds is 4. The molecule has 0 aliphatic heterocycles. The number of nitrogens with one attached hydrogen (secondary N) is 2. The van der Waals surface area contributed by atoms with Crippen LogP contribution in [0.15, 0.2) is 33.9 Å². The Morgan fingerprint density at radius 1 is 1.37 bits per heavy atom. The van der Waals surface area contributed by atoms with Gasteiger partial charge in [-0.1, -0.05) is 17.4 Å². The molecule has 3 nitrogen and oxygen atoms in total. The van der Waals surface area contributed by atoms with Crippen LogP contribution in [0.1, 0.15) is 0 Å². The highest BCUT2D eigenvalue weighted by atomic mass is 32.2. The quantitative estimate of drug-likeness (QED) is 0.687. The number of thiazole rings is 1. The van der Waals surface area contributed by atoms with Crippen molar-refractivity contribution in [3.63, 3.8) is 0 Å². The number of anilines is 2. The molecule has 1 aromatic carbocycles. The zero-order valence-corrected chi connectivity index (χ0v) is 12.4. The molecule has 2 aromatic heterocycles. The first-order valence-electron chi connectivity index (χ1n) is 5.50. The van der Waals surface area contributed by atoms with E-state index in [-0.39, 0.29) is 5.82 Å². The first-order valence-corrected chi connectivity index (χ1v) is 8.02. The van der Waals surface area contributed by atoms with E-state index in [0.29, 0.717) is 11.2 Å². The molecule has 0 amide bonds. The molecule has 0 saturated carbocycles. The minimum Gasteiger partial charge on any atom is -0.365 e. The number of hydrogen-bond acceptors (Lipinski definition) is 6. The van der Waals surface area contributed by atoms with Crippen LogP contribution in [0.25, 0.3) is 10.2 Å². The smallest absolute Gasteiger partial charge is 0.183 e. The van der Waals surface area contributed by atoms with Crippen molar-refractivity contribution in [3.8, 4) is 0 Å². The topological polar surface area (TPSA) is 37.0 Å². The number of benzene rings is 1. The third-order valence-electron chi connectivity index (χ3n) is 2.45. The summed E-state index contributed by atoms with van der Waals surface area (Å²) in [6.07, 6.45) is 0. The predicted molar refractivity (Wildman–Crippen MR) is 82.9 cm³/mol. The van der Waals surface area contributed by atoms with Crippen LogP contribution >= 0.6 is 34.6 Å². The normalized spacial score (nSPS) is 10.8. The van der Waals surface area contributed by atoms with E-state index in [1.807, 2.05) is 17.5 Å². The highest BCUT2D eigenvalue weighted by Crippen LogP contribution is 2.32. The van der Waals surface area contributed by atoms with Gasteiger partial charge < -0.3 is 10.0 Å². The number of halogens is 1. The zero-order valence-electron chi connectivity index (χ0n) is 9.94. The summed E-state index contributed by atoms with van der Waals surface area (Å²) in [5.41, 5.74) is 1.16.